The Labute approximate surface area is 160 Å². The highest BCUT2D eigenvalue weighted by Gasteiger charge is 2.21. The van der Waals surface area contributed by atoms with Crippen molar-refractivity contribution in [1.82, 2.24) is 9.80 Å². The number of hydrogen-bond donors (Lipinski definition) is 1. The summed E-state index contributed by atoms with van der Waals surface area (Å²) in [6, 6.07) is 9.65. The zero-order chi connectivity index (χ0) is 19.6. The Morgan fingerprint density at radius 2 is 1.89 bits per heavy atom. The summed E-state index contributed by atoms with van der Waals surface area (Å²) in [4.78, 5) is 27.3. The second-order valence-electron chi connectivity index (χ2n) is 6.40. The molecule has 144 valence electrons. The van der Waals surface area contributed by atoms with Crippen LogP contribution < -0.4 is 5.32 Å². The molecule has 1 aromatic rings. The maximum atomic E-state index is 12.4. The largest absolute Gasteiger partial charge is 0.453 e. The number of amides is 2. The SMILES string of the molecule is CCCCc1ccc(NC(=O)/C(C#N)=C\N2CCN(C(=O)OC)CC2)cc1. The quantitative estimate of drug-likeness (QED) is 0.615. The average molecular weight is 370 g/mol. The highest BCUT2D eigenvalue weighted by molar-refractivity contribution is 6.06. The van der Waals surface area contributed by atoms with E-state index in [0.29, 0.717) is 31.9 Å². The van der Waals surface area contributed by atoms with Crippen molar-refractivity contribution in [1.29, 1.82) is 5.26 Å². The summed E-state index contributed by atoms with van der Waals surface area (Å²) in [7, 11) is 1.35. The van der Waals surface area contributed by atoms with Crippen LogP contribution in [0.25, 0.3) is 0 Å². The van der Waals surface area contributed by atoms with Crippen molar-refractivity contribution in [2.75, 3.05) is 38.6 Å². The molecule has 0 aliphatic carbocycles. The molecule has 7 nitrogen and oxygen atoms in total. The average Bonchev–Trinajstić information content (AvgIpc) is 2.71. The highest BCUT2D eigenvalue weighted by Crippen LogP contribution is 2.13. The Kier molecular flexibility index (Phi) is 7.68. The molecule has 2 rings (SSSR count). The van der Waals surface area contributed by atoms with Gasteiger partial charge in [0, 0.05) is 38.1 Å². The Morgan fingerprint density at radius 3 is 2.44 bits per heavy atom. The summed E-state index contributed by atoms with van der Waals surface area (Å²) in [6.07, 6.45) is 4.49. The van der Waals surface area contributed by atoms with E-state index in [1.165, 1.54) is 12.7 Å². The van der Waals surface area contributed by atoms with Crippen LogP contribution in [0.4, 0.5) is 10.5 Å². The van der Waals surface area contributed by atoms with Gasteiger partial charge in [0.25, 0.3) is 5.91 Å². The molecule has 0 unspecified atom stereocenters. The number of carbonyl (C=O) groups excluding carboxylic acids is 2. The van der Waals surface area contributed by atoms with E-state index in [1.54, 1.807) is 11.1 Å². The van der Waals surface area contributed by atoms with Crippen LogP contribution in [0.15, 0.2) is 36.0 Å². The van der Waals surface area contributed by atoms with Crippen molar-refractivity contribution in [3.05, 3.63) is 41.6 Å². The maximum Gasteiger partial charge on any atom is 0.409 e. The second kappa shape index (κ2) is 10.2. The minimum absolute atomic E-state index is 0.0385. The summed E-state index contributed by atoms with van der Waals surface area (Å²) in [5.41, 5.74) is 1.93. The molecular formula is C20H26N4O3. The van der Waals surface area contributed by atoms with E-state index < -0.39 is 5.91 Å². The van der Waals surface area contributed by atoms with Crippen LogP contribution in [0.2, 0.25) is 0 Å². The minimum atomic E-state index is -0.436. The van der Waals surface area contributed by atoms with Gasteiger partial charge in [-0.1, -0.05) is 25.5 Å². The van der Waals surface area contributed by atoms with Crippen LogP contribution in [-0.2, 0) is 16.0 Å². The molecule has 2 amide bonds. The number of benzene rings is 1. The van der Waals surface area contributed by atoms with E-state index in [2.05, 4.69) is 12.2 Å². The van der Waals surface area contributed by atoms with Crippen LogP contribution in [0, 0.1) is 11.3 Å². The summed E-state index contributed by atoms with van der Waals surface area (Å²) in [5.74, 6) is -0.436. The zero-order valence-electron chi connectivity index (χ0n) is 15.9. The molecule has 0 bridgehead atoms. The molecule has 27 heavy (non-hydrogen) atoms. The summed E-state index contributed by atoms with van der Waals surface area (Å²) in [6.45, 7) is 4.21. The lowest BCUT2D eigenvalue weighted by Crippen LogP contribution is -2.47. The number of carbonyl (C=O) groups is 2. The molecule has 1 aromatic carbocycles. The standard InChI is InChI=1S/C20H26N4O3/c1-3-4-5-16-6-8-18(9-7-16)22-19(25)17(14-21)15-23-10-12-24(13-11-23)20(26)27-2/h6-9,15H,3-5,10-13H2,1-2H3,(H,22,25)/b17-15-. The molecule has 0 spiro atoms. The monoisotopic (exact) mass is 370 g/mol. The normalized spacial score (nSPS) is 14.5. The first-order valence-electron chi connectivity index (χ1n) is 9.16. The first kappa shape index (κ1) is 20.3. The van der Waals surface area contributed by atoms with Crippen LogP contribution in [0.5, 0.6) is 0 Å². The molecule has 0 saturated carbocycles. The van der Waals surface area contributed by atoms with Gasteiger partial charge in [-0.2, -0.15) is 5.26 Å². The van der Waals surface area contributed by atoms with Gasteiger partial charge in [-0.3, -0.25) is 4.79 Å². The van der Waals surface area contributed by atoms with Crippen LogP contribution in [0.3, 0.4) is 0 Å². The lowest BCUT2D eigenvalue weighted by molar-refractivity contribution is -0.112. The number of nitrogens with zero attached hydrogens (tertiary/aromatic N) is 3. The van der Waals surface area contributed by atoms with Gasteiger partial charge in [-0.25, -0.2) is 4.79 Å². The topological polar surface area (TPSA) is 85.7 Å². The number of anilines is 1. The first-order valence-corrected chi connectivity index (χ1v) is 9.16. The number of piperazine rings is 1. The van der Waals surface area contributed by atoms with Crippen molar-refractivity contribution >= 4 is 17.7 Å². The number of hydrogen-bond acceptors (Lipinski definition) is 5. The molecule has 0 radical (unpaired) electrons. The molecule has 7 heteroatoms. The molecule has 1 aliphatic rings. The Bertz CT molecular complexity index is 714. The lowest BCUT2D eigenvalue weighted by atomic mass is 10.1. The Balaban J connectivity index is 1.93. The van der Waals surface area contributed by atoms with E-state index in [4.69, 9.17) is 4.74 Å². The van der Waals surface area contributed by atoms with E-state index >= 15 is 0 Å². The minimum Gasteiger partial charge on any atom is -0.453 e. The molecule has 1 heterocycles. The predicted molar refractivity (Wildman–Crippen MR) is 103 cm³/mol. The molecule has 1 saturated heterocycles. The molecule has 0 aromatic heterocycles. The van der Waals surface area contributed by atoms with Gasteiger partial charge >= 0.3 is 6.09 Å². The third kappa shape index (κ3) is 6.03. The van der Waals surface area contributed by atoms with Crippen molar-refractivity contribution in [2.24, 2.45) is 0 Å². The number of unbranched alkanes of at least 4 members (excludes halogenated alkanes) is 1. The highest BCUT2D eigenvalue weighted by atomic mass is 16.5. The van der Waals surface area contributed by atoms with Crippen molar-refractivity contribution in [3.63, 3.8) is 0 Å². The number of methoxy groups -OCH3 is 1. The second-order valence-corrected chi connectivity index (χ2v) is 6.40. The van der Waals surface area contributed by atoms with Crippen LogP contribution >= 0.6 is 0 Å². The Morgan fingerprint density at radius 1 is 1.22 bits per heavy atom. The molecule has 1 fully saturated rings. The van der Waals surface area contributed by atoms with Gasteiger partial charge in [0.2, 0.25) is 0 Å². The van der Waals surface area contributed by atoms with E-state index in [0.717, 1.165) is 19.3 Å². The molecule has 0 atom stereocenters. The lowest BCUT2D eigenvalue weighted by Gasteiger charge is -2.33. The van der Waals surface area contributed by atoms with Crippen molar-refractivity contribution < 1.29 is 14.3 Å². The summed E-state index contributed by atoms with van der Waals surface area (Å²) < 4.78 is 4.70. The molecular weight excluding hydrogens is 344 g/mol. The van der Waals surface area contributed by atoms with E-state index in [-0.39, 0.29) is 11.7 Å². The molecule has 1 N–H and O–H groups in total. The van der Waals surface area contributed by atoms with Gasteiger partial charge in [0.15, 0.2) is 0 Å². The molecule has 1 aliphatic heterocycles. The van der Waals surface area contributed by atoms with Gasteiger partial charge in [-0.15, -0.1) is 0 Å². The van der Waals surface area contributed by atoms with Crippen molar-refractivity contribution in [2.45, 2.75) is 26.2 Å². The zero-order valence-corrected chi connectivity index (χ0v) is 15.9. The smallest absolute Gasteiger partial charge is 0.409 e. The third-order valence-corrected chi connectivity index (χ3v) is 4.45. The number of aryl methyl sites for hydroxylation is 1. The van der Waals surface area contributed by atoms with Crippen LogP contribution in [-0.4, -0.2) is 55.1 Å². The summed E-state index contributed by atoms with van der Waals surface area (Å²) >= 11 is 0. The fraction of sp³-hybridized carbons (Fsp3) is 0.450. The van der Waals surface area contributed by atoms with Gasteiger partial charge in [0.1, 0.15) is 11.6 Å². The Hall–Kier alpha value is -3.01. The fourth-order valence-corrected chi connectivity index (χ4v) is 2.82. The maximum absolute atomic E-state index is 12.4. The fourth-order valence-electron chi connectivity index (χ4n) is 2.82. The third-order valence-electron chi connectivity index (χ3n) is 4.45. The van der Waals surface area contributed by atoms with Crippen molar-refractivity contribution in [3.8, 4) is 6.07 Å². The number of nitriles is 1. The number of nitrogens with one attached hydrogen (secondary N) is 1. The van der Waals surface area contributed by atoms with E-state index in [9.17, 15) is 14.9 Å². The summed E-state index contributed by atoms with van der Waals surface area (Å²) in [5, 5.41) is 12.1. The van der Waals surface area contributed by atoms with Gasteiger partial charge in [0.05, 0.1) is 7.11 Å². The number of rotatable bonds is 6. The predicted octanol–water partition coefficient (Wildman–Crippen LogP) is 2.76. The first-order chi connectivity index (χ1) is 13.1. The van der Waals surface area contributed by atoms with Crippen LogP contribution in [0.1, 0.15) is 25.3 Å². The van der Waals surface area contributed by atoms with Gasteiger partial charge in [-0.05, 0) is 30.5 Å². The number of ether oxygens (including phenoxy) is 1. The van der Waals surface area contributed by atoms with E-state index in [1.807, 2.05) is 35.2 Å². The van der Waals surface area contributed by atoms with Gasteiger partial charge < -0.3 is 19.9 Å².